The molecular weight excluding hydrogens is 495 g/mol. The van der Waals surface area contributed by atoms with Crippen molar-refractivity contribution in [3.05, 3.63) is 96.4 Å². The van der Waals surface area contributed by atoms with Crippen molar-refractivity contribution in [3.8, 4) is 11.3 Å². The number of aromatic nitrogens is 2. The van der Waals surface area contributed by atoms with E-state index in [2.05, 4.69) is 54.1 Å². The molecule has 0 aliphatic carbocycles. The maximum absolute atomic E-state index is 10.1. The summed E-state index contributed by atoms with van der Waals surface area (Å²) in [6.45, 7) is 4.38. The molecule has 0 bridgehead atoms. The molecule has 0 amide bonds. The fourth-order valence-electron chi connectivity index (χ4n) is 3.43. The van der Waals surface area contributed by atoms with Crippen LogP contribution < -0.4 is 0 Å². The van der Waals surface area contributed by atoms with E-state index >= 15 is 0 Å². The molecule has 32 heavy (non-hydrogen) atoms. The molecule has 0 atom stereocenters. The van der Waals surface area contributed by atoms with Gasteiger partial charge in [-0.25, -0.2) is 9.78 Å². The number of pyridine rings is 2. The molecule has 3 heterocycles. The third kappa shape index (κ3) is 4.78. The van der Waals surface area contributed by atoms with Crippen LogP contribution in [0.5, 0.6) is 0 Å². The zero-order chi connectivity index (χ0) is 21.8. The molecule has 3 aromatic heterocycles. The summed E-state index contributed by atoms with van der Waals surface area (Å²) in [5.74, 6) is -0.567. The number of carboxylic acid groups (broad SMARTS) is 1. The largest absolute Gasteiger partial charge is 0.500 e. The predicted octanol–water partition coefficient (Wildman–Crippen LogP) is 6.35. The van der Waals surface area contributed by atoms with Gasteiger partial charge in [0.05, 0.1) is 5.58 Å². The smallest absolute Gasteiger partial charge is 0.354 e. The van der Waals surface area contributed by atoms with Gasteiger partial charge in [-0.3, -0.25) is 0 Å². The van der Waals surface area contributed by atoms with E-state index in [1.807, 2.05) is 24.3 Å². The average Bonchev–Trinajstić information content (AvgIpc) is 3.19. The molecule has 0 fully saturated rings. The first kappa shape index (κ1) is 23.3. The minimum absolute atomic E-state index is 0. The topological polar surface area (TPSA) is 76.2 Å². The summed E-state index contributed by atoms with van der Waals surface area (Å²) in [6, 6.07) is 24.3. The quantitative estimate of drug-likeness (QED) is 0.224. The number of hydrogen-bond acceptors (Lipinski definition) is 4. The Morgan fingerprint density at radius 2 is 1.62 bits per heavy atom. The van der Waals surface area contributed by atoms with Crippen LogP contribution in [0.2, 0.25) is 0 Å². The SMILES string of the molecule is CC(C)c1cccc2c1oc1c(-c3ccccn3)[c-]ccc12.O=C(O)c1ccccn1.[Pd]. The van der Waals surface area contributed by atoms with E-state index < -0.39 is 5.97 Å². The summed E-state index contributed by atoms with van der Waals surface area (Å²) in [5.41, 5.74) is 4.97. The van der Waals surface area contributed by atoms with Crippen LogP contribution in [0, 0.1) is 6.07 Å². The molecule has 5 nitrogen and oxygen atoms in total. The second kappa shape index (κ2) is 10.3. The Bertz CT molecular complexity index is 1330. The molecule has 6 heteroatoms. The van der Waals surface area contributed by atoms with Crippen molar-refractivity contribution < 1.29 is 34.7 Å². The van der Waals surface area contributed by atoms with Crippen LogP contribution in [0.15, 0.2) is 83.5 Å². The van der Waals surface area contributed by atoms with Gasteiger partial charge in [0.2, 0.25) is 0 Å². The Kier molecular flexibility index (Phi) is 7.53. The number of benzene rings is 2. The average molecular weight is 516 g/mol. The van der Waals surface area contributed by atoms with Gasteiger partial charge in [0.15, 0.2) is 0 Å². The molecule has 5 rings (SSSR count). The number of furan rings is 1. The second-order valence-corrected chi connectivity index (χ2v) is 7.31. The Labute approximate surface area is 199 Å². The fraction of sp³-hybridized carbons (Fsp3) is 0.115. The number of hydrogen-bond donors (Lipinski definition) is 1. The number of para-hydroxylation sites is 1. The van der Waals surface area contributed by atoms with Crippen LogP contribution >= 0.6 is 0 Å². The molecule has 0 unspecified atom stereocenters. The number of aromatic carboxylic acids is 1. The van der Waals surface area contributed by atoms with Crippen molar-refractivity contribution >= 4 is 27.9 Å². The van der Waals surface area contributed by atoms with E-state index in [4.69, 9.17) is 9.52 Å². The number of carboxylic acids is 1. The summed E-state index contributed by atoms with van der Waals surface area (Å²) in [4.78, 5) is 18.2. The number of nitrogens with zero attached hydrogens (tertiary/aromatic N) is 2. The standard InChI is InChI=1S/C20H16NO.C6H5NO2.Pd/c1-13(2)14-7-5-8-15-16-9-6-10-17(20(16)22-19(14)15)18-11-3-4-12-21-18;8-6(9)5-3-1-2-4-7-5;/h3-9,11-13H,1-2H3;1-4H,(H,8,9);/q-1;;. The van der Waals surface area contributed by atoms with Crippen LogP contribution in [0.4, 0.5) is 0 Å². The maximum Gasteiger partial charge on any atom is 0.354 e. The minimum atomic E-state index is -0.990. The van der Waals surface area contributed by atoms with Gasteiger partial charge in [-0.05, 0) is 35.4 Å². The Hall–Kier alpha value is -3.33. The fourth-order valence-corrected chi connectivity index (χ4v) is 3.43. The van der Waals surface area contributed by atoms with Crippen molar-refractivity contribution in [2.75, 3.05) is 0 Å². The Morgan fingerprint density at radius 1 is 0.906 bits per heavy atom. The van der Waals surface area contributed by atoms with E-state index in [0.717, 1.165) is 33.2 Å². The van der Waals surface area contributed by atoms with Crippen molar-refractivity contribution in [1.29, 1.82) is 0 Å². The zero-order valence-electron chi connectivity index (χ0n) is 17.6. The molecule has 2 aromatic carbocycles. The van der Waals surface area contributed by atoms with Gasteiger partial charge < -0.3 is 14.5 Å². The van der Waals surface area contributed by atoms with E-state index in [-0.39, 0.29) is 26.1 Å². The number of carbonyl (C=O) groups is 1. The van der Waals surface area contributed by atoms with Gasteiger partial charge in [-0.2, -0.15) is 0 Å². The summed E-state index contributed by atoms with van der Waals surface area (Å²) < 4.78 is 6.26. The monoisotopic (exact) mass is 515 g/mol. The van der Waals surface area contributed by atoms with Crippen molar-refractivity contribution in [2.24, 2.45) is 0 Å². The van der Waals surface area contributed by atoms with Gasteiger partial charge in [0.1, 0.15) is 11.3 Å². The van der Waals surface area contributed by atoms with Crippen molar-refractivity contribution in [2.45, 2.75) is 19.8 Å². The number of fused-ring (bicyclic) bond motifs is 3. The van der Waals surface area contributed by atoms with E-state index in [0.29, 0.717) is 5.92 Å². The minimum Gasteiger partial charge on any atom is -0.500 e. The summed E-state index contributed by atoms with van der Waals surface area (Å²) in [5, 5.41) is 10.6. The number of rotatable bonds is 3. The van der Waals surface area contributed by atoms with Gasteiger partial charge in [0.25, 0.3) is 0 Å². The normalized spacial score (nSPS) is 10.5. The van der Waals surface area contributed by atoms with Gasteiger partial charge in [-0.1, -0.05) is 61.2 Å². The van der Waals surface area contributed by atoms with Crippen LogP contribution in [-0.4, -0.2) is 21.0 Å². The van der Waals surface area contributed by atoms with E-state index in [9.17, 15) is 4.79 Å². The van der Waals surface area contributed by atoms with Crippen molar-refractivity contribution in [3.63, 3.8) is 0 Å². The Morgan fingerprint density at radius 3 is 2.22 bits per heavy atom. The molecule has 0 aliphatic heterocycles. The zero-order valence-corrected chi connectivity index (χ0v) is 19.1. The molecule has 0 radical (unpaired) electrons. The third-order valence-electron chi connectivity index (χ3n) is 4.92. The molecular formula is C26H21N2O3Pd-. The van der Waals surface area contributed by atoms with Crippen LogP contribution in [0.25, 0.3) is 33.2 Å². The Balaban J connectivity index is 0.000000246. The summed E-state index contributed by atoms with van der Waals surface area (Å²) in [6.07, 6.45) is 3.24. The predicted molar refractivity (Wildman–Crippen MR) is 121 cm³/mol. The van der Waals surface area contributed by atoms with E-state index in [1.54, 1.807) is 18.3 Å². The molecule has 1 N–H and O–H groups in total. The molecule has 0 spiro atoms. The van der Waals surface area contributed by atoms with Gasteiger partial charge in [-0.15, -0.1) is 18.2 Å². The first-order valence-electron chi connectivity index (χ1n) is 9.98. The molecule has 0 saturated heterocycles. The van der Waals surface area contributed by atoms with Crippen LogP contribution in [0.3, 0.4) is 0 Å². The first-order valence-corrected chi connectivity index (χ1v) is 9.98. The summed E-state index contributed by atoms with van der Waals surface area (Å²) >= 11 is 0. The third-order valence-corrected chi connectivity index (χ3v) is 4.92. The molecule has 0 aliphatic rings. The summed E-state index contributed by atoms with van der Waals surface area (Å²) in [7, 11) is 0. The molecule has 5 aromatic rings. The second-order valence-electron chi connectivity index (χ2n) is 7.31. The molecule has 164 valence electrons. The van der Waals surface area contributed by atoms with E-state index in [1.165, 1.54) is 17.8 Å². The van der Waals surface area contributed by atoms with Crippen molar-refractivity contribution in [1.82, 2.24) is 9.97 Å². The maximum atomic E-state index is 10.1. The van der Waals surface area contributed by atoms with Crippen LogP contribution in [0.1, 0.15) is 35.8 Å². The first-order chi connectivity index (χ1) is 15.1. The van der Waals surface area contributed by atoms with Gasteiger partial charge >= 0.3 is 5.97 Å². The van der Waals surface area contributed by atoms with Crippen LogP contribution in [-0.2, 0) is 20.4 Å². The molecule has 0 saturated carbocycles. The van der Waals surface area contributed by atoms with Gasteiger partial charge in [0, 0.05) is 38.2 Å².